The zero-order valence-electron chi connectivity index (χ0n) is 15.9. The van der Waals surface area contributed by atoms with E-state index in [1.807, 2.05) is 0 Å². The molecule has 31 heavy (non-hydrogen) atoms. The third-order valence-electron chi connectivity index (χ3n) is 5.45. The summed E-state index contributed by atoms with van der Waals surface area (Å²) >= 11 is 0. The molecule has 0 spiro atoms. The molecule has 0 radical (unpaired) electrons. The van der Waals surface area contributed by atoms with E-state index >= 15 is 0 Å². The summed E-state index contributed by atoms with van der Waals surface area (Å²) in [5.74, 6) is 0.148. The SMILES string of the molecule is N#Cc1cn([C@@H]2O[C@H](CO)[C@H]3OC(c4ccccc4[N+](=O)[O-])O[C@H]32)c2ncnc(N)c12. The van der Waals surface area contributed by atoms with Crippen molar-refractivity contribution in [3.05, 3.63) is 58.0 Å². The Morgan fingerprint density at radius 2 is 2.03 bits per heavy atom. The van der Waals surface area contributed by atoms with Crippen molar-refractivity contribution in [2.75, 3.05) is 12.3 Å². The summed E-state index contributed by atoms with van der Waals surface area (Å²) in [4.78, 5) is 19.1. The van der Waals surface area contributed by atoms with Crippen LogP contribution in [0.3, 0.4) is 0 Å². The van der Waals surface area contributed by atoms with Crippen molar-refractivity contribution in [2.45, 2.75) is 30.8 Å². The van der Waals surface area contributed by atoms with Gasteiger partial charge in [-0.3, -0.25) is 10.1 Å². The van der Waals surface area contributed by atoms with Crippen molar-refractivity contribution >= 4 is 22.5 Å². The van der Waals surface area contributed by atoms with E-state index in [-0.39, 0.29) is 29.2 Å². The molecular formula is C19H16N6O6. The van der Waals surface area contributed by atoms with Gasteiger partial charge >= 0.3 is 0 Å². The molecule has 0 aliphatic carbocycles. The highest BCUT2D eigenvalue weighted by Crippen LogP contribution is 2.46. The first-order valence-corrected chi connectivity index (χ1v) is 9.35. The molecule has 2 aliphatic rings. The van der Waals surface area contributed by atoms with Gasteiger partial charge in [-0.05, 0) is 6.07 Å². The van der Waals surface area contributed by atoms with Crippen molar-refractivity contribution < 1.29 is 24.2 Å². The smallest absolute Gasteiger partial charge is 0.277 e. The highest BCUT2D eigenvalue weighted by atomic mass is 16.8. The van der Waals surface area contributed by atoms with Gasteiger partial charge in [0, 0.05) is 12.3 Å². The van der Waals surface area contributed by atoms with Crippen LogP contribution in [0.25, 0.3) is 11.0 Å². The van der Waals surface area contributed by atoms with Gasteiger partial charge in [-0.2, -0.15) is 5.26 Å². The van der Waals surface area contributed by atoms with Crippen LogP contribution in [-0.4, -0.2) is 49.5 Å². The van der Waals surface area contributed by atoms with Crippen LogP contribution in [0.4, 0.5) is 11.5 Å². The number of nitrogen functional groups attached to an aromatic ring is 1. The van der Waals surface area contributed by atoms with Crippen LogP contribution in [0.15, 0.2) is 36.8 Å². The summed E-state index contributed by atoms with van der Waals surface area (Å²) < 4.78 is 19.5. The number of aliphatic hydroxyl groups is 1. The Hall–Kier alpha value is -3.63. The van der Waals surface area contributed by atoms with Crippen molar-refractivity contribution in [2.24, 2.45) is 0 Å². The van der Waals surface area contributed by atoms with E-state index in [9.17, 15) is 20.5 Å². The fourth-order valence-electron chi connectivity index (χ4n) is 4.09. The number of rotatable bonds is 4. The minimum absolute atomic E-state index is 0.135. The van der Waals surface area contributed by atoms with Crippen LogP contribution in [0.1, 0.15) is 23.6 Å². The molecule has 2 aromatic heterocycles. The lowest BCUT2D eigenvalue weighted by Crippen LogP contribution is -2.30. The van der Waals surface area contributed by atoms with Gasteiger partial charge in [0.05, 0.1) is 28.0 Å². The summed E-state index contributed by atoms with van der Waals surface area (Å²) in [6.45, 7) is -0.355. The first-order chi connectivity index (χ1) is 15.0. The quantitative estimate of drug-likeness (QED) is 0.457. The number of hydrogen-bond acceptors (Lipinski definition) is 10. The minimum atomic E-state index is -1.02. The number of nitrogens with zero attached hydrogens (tertiary/aromatic N) is 5. The molecule has 5 atom stereocenters. The van der Waals surface area contributed by atoms with E-state index in [4.69, 9.17) is 19.9 Å². The first-order valence-electron chi connectivity index (χ1n) is 9.35. The summed E-state index contributed by atoms with van der Waals surface area (Å²) in [5.41, 5.74) is 6.68. The molecule has 158 valence electrons. The Kier molecular flexibility index (Phi) is 4.53. The molecule has 1 aromatic carbocycles. The second kappa shape index (κ2) is 7.25. The van der Waals surface area contributed by atoms with Gasteiger partial charge in [0.1, 0.15) is 42.2 Å². The average Bonchev–Trinajstić information content (AvgIpc) is 3.45. The Bertz CT molecular complexity index is 1220. The summed E-state index contributed by atoms with van der Waals surface area (Å²) in [7, 11) is 0. The van der Waals surface area contributed by atoms with Gasteiger partial charge in [0.2, 0.25) is 0 Å². The zero-order chi connectivity index (χ0) is 21.7. The highest BCUT2D eigenvalue weighted by Gasteiger charge is 2.54. The number of nitro benzene ring substituents is 1. The number of fused-ring (bicyclic) bond motifs is 2. The van der Waals surface area contributed by atoms with Gasteiger partial charge in [0.25, 0.3) is 5.69 Å². The number of hydrogen-bond donors (Lipinski definition) is 2. The lowest BCUT2D eigenvalue weighted by molar-refractivity contribution is -0.387. The molecular weight excluding hydrogens is 408 g/mol. The van der Waals surface area contributed by atoms with Crippen molar-refractivity contribution in [3.63, 3.8) is 0 Å². The summed E-state index contributed by atoms with van der Waals surface area (Å²) in [6, 6.07) is 8.19. The average molecular weight is 424 g/mol. The van der Waals surface area contributed by atoms with E-state index in [0.717, 1.165) is 0 Å². The predicted molar refractivity (Wildman–Crippen MR) is 103 cm³/mol. The standard InChI is InChI=1S/C19H16N6O6/c20-5-9-6-24(17-13(9)16(21)22-8-23-17)18-15-14(12(7-26)29-18)30-19(31-15)10-3-1-2-4-11(10)25(27)28/h1-4,6,8,12,14-15,18-19,26H,7H2,(H2,21,22,23)/t12-,14-,15-,18-,19?/m1/s1. The predicted octanol–water partition coefficient (Wildman–Crippen LogP) is 1.17. The molecule has 2 fully saturated rings. The Balaban J connectivity index is 1.55. The van der Waals surface area contributed by atoms with Crippen LogP contribution in [0, 0.1) is 21.4 Å². The Morgan fingerprint density at radius 3 is 2.77 bits per heavy atom. The lowest BCUT2D eigenvalue weighted by atomic mass is 10.1. The molecule has 3 N–H and O–H groups in total. The molecule has 12 heteroatoms. The van der Waals surface area contributed by atoms with Gasteiger partial charge in [-0.25, -0.2) is 9.97 Å². The monoisotopic (exact) mass is 424 g/mol. The molecule has 2 aliphatic heterocycles. The number of ether oxygens (including phenoxy) is 3. The maximum atomic E-state index is 11.4. The topological polar surface area (TPSA) is 172 Å². The maximum Gasteiger partial charge on any atom is 0.277 e. The van der Waals surface area contributed by atoms with E-state index in [0.29, 0.717) is 11.0 Å². The third kappa shape index (κ3) is 2.91. The van der Waals surface area contributed by atoms with Crippen LogP contribution in [-0.2, 0) is 14.2 Å². The summed E-state index contributed by atoms with van der Waals surface area (Å²) in [5, 5.41) is 31.1. The highest BCUT2D eigenvalue weighted by molar-refractivity contribution is 5.92. The third-order valence-corrected chi connectivity index (χ3v) is 5.45. The number of aliphatic hydroxyl groups excluding tert-OH is 1. The molecule has 0 saturated carbocycles. The molecule has 4 heterocycles. The molecule has 3 aromatic rings. The first kappa shape index (κ1) is 19.3. The maximum absolute atomic E-state index is 11.4. The molecule has 5 rings (SSSR count). The second-order valence-electron chi connectivity index (χ2n) is 7.12. The van der Waals surface area contributed by atoms with Gasteiger partial charge in [0.15, 0.2) is 12.5 Å². The van der Waals surface area contributed by atoms with Crippen molar-refractivity contribution in [1.82, 2.24) is 14.5 Å². The van der Waals surface area contributed by atoms with Gasteiger partial charge in [-0.1, -0.05) is 12.1 Å². The number of anilines is 1. The molecule has 0 bridgehead atoms. The largest absolute Gasteiger partial charge is 0.394 e. The number of aromatic nitrogens is 3. The molecule has 1 unspecified atom stereocenters. The summed E-state index contributed by atoms with van der Waals surface area (Å²) in [6.07, 6.45) is -1.19. The Labute approximate surface area is 174 Å². The van der Waals surface area contributed by atoms with Crippen LogP contribution < -0.4 is 5.73 Å². The van der Waals surface area contributed by atoms with Crippen LogP contribution in [0.5, 0.6) is 0 Å². The van der Waals surface area contributed by atoms with Gasteiger partial charge < -0.3 is 29.6 Å². The number of para-hydroxylation sites is 1. The second-order valence-corrected chi connectivity index (χ2v) is 7.12. The van der Waals surface area contributed by atoms with E-state index in [1.54, 1.807) is 22.8 Å². The number of nitriles is 1. The Morgan fingerprint density at radius 1 is 1.26 bits per heavy atom. The van der Waals surface area contributed by atoms with Crippen molar-refractivity contribution in [1.29, 1.82) is 5.26 Å². The lowest BCUT2D eigenvalue weighted by Gasteiger charge is -2.21. The minimum Gasteiger partial charge on any atom is -0.394 e. The molecule has 0 amide bonds. The number of benzene rings is 1. The molecule has 2 saturated heterocycles. The zero-order valence-corrected chi connectivity index (χ0v) is 15.9. The molecule has 12 nitrogen and oxygen atoms in total. The van der Waals surface area contributed by atoms with Crippen molar-refractivity contribution in [3.8, 4) is 6.07 Å². The van der Waals surface area contributed by atoms with Crippen LogP contribution in [0.2, 0.25) is 0 Å². The van der Waals surface area contributed by atoms with Crippen LogP contribution >= 0.6 is 0 Å². The van der Waals surface area contributed by atoms with E-state index in [1.165, 1.54) is 18.6 Å². The fraction of sp³-hybridized carbons (Fsp3) is 0.316. The fourth-order valence-corrected chi connectivity index (χ4v) is 4.09. The van der Waals surface area contributed by atoms with E-state index < -0.39 is 35.8 Å². The van der Waals surface area contributed by atoms with Gasteiger partial charge in [-0.15, -0.1) is 0 Å². The number of nitrogens with two attached hydrogens (primary N) is 1. The van der Waals surface area contributed by atoms with E-state index in [2.05, 4.69) is 16.0 Å². The normalized spacial score (nSPS) is 27.3. The number of nitro groups is 1.